The van der Waals surface area contributed by atoms with Crippen LogP contribution in [0, 0.1) is 0 Å². The molecule has 18 heavy (non-hydrogen) atoms. The van der Waals surface area contributed by atoms with E-state index in [0.29, 0.717) is 6.07 Å². The molecule has 0 fully saturated rings. The smallest absolute Gasteiger partial charge is 0.361 e. The zero-order chi connectivity index (χ0) is 13.8. The van der Waals surface area contributed by atoms with E-state index in [4.69, 9.17) is 5.84 Å². The van der Waals surface area contributed by atoms with Crippen molar-refractivity contribution in [2.24, 2.45) is 5.84 Å². The maximum absolute atomic E-state index is 12.5. The van der Waals surface area contributed by atoms with Gasteiger partial charge in [-0.05, 0) is 0 Å². The van der Waals surface area contributed by atoms with Crippen molar-refractivity contribution in [1.29, 1.82) is 0 Å². The van der Waals surface area contributed by atoms with E-state index in [2.05, 4.69) is 20.6 Å². The highest BCUT2D eigenvalue weighted by molar-refractivity contribution is 5.80. The lowest BCUT2D eigenvalue weighted by atomic mass is 10.3. The number of anilines is 2. The summed E-state index contributed by atoms with van der Waals surface area (Å²) < 4.78 is 37.4. The third-order valence-corrected chi connectivity index (χ3v) is 1.85. The van der Waals surface area contributed by atoms with Crippen LogP contribution in [0.25, 0.3) is 0 Å². The summed E-state index contributed by atoms with van der Waals surface area (Å²) in [7, 11) is 1.40. The molecule has 0 atom stereocenters. The Morgan fingerprint density at radius 1 is 1.44 bits per heavy atom. The molecule has 1 aromatic heterocycles. The Kier molecular flexibility index (Phi) is 4.26. The molecule has 0 saturated heterocycles. The lowest BCUT2D eigenvalue weighted by Gasteiger charge is -2.10. The summed E-state index contributed by atoms with van der Waals surface area (Å²) in [6.45, 7) is -0.213. The predicted octanol–water partition coefficient (Wildman–Crippen LogP) is -0.0611. The van der Waals surface area contributed by atoms with Gasteiger partial charge in [-0.3, -0.25) is 10.2 Å². The van der Waals surface area contributed by atoms with Crippen LogP contribution < -0.4 is 21.9 Å². The SMILES string of the molecule is CNC(=O)CNc1cc(C(F)(F)F)nc(NN)n1. The number of likely N-dealkylation sites (N-methyl/N-ethyl adjacent to an activating group) is 1. The minimum absolute atomic E-state index is 0.158. The summed E-state index contributed by atoms with van der Waals surface area (Å²) in [5.41, 5.74) is 0.757. The number of rotatable bonds is 4. The second kappa shape index (κ2) is 5.49. The van der Waals surface area contributed by atoms with E-state index in [1.165, 1.54) is 7.05 Å². The van der Waals surface area contributed by atoms with Crippen LogP contribution in [0.5, 0.6) is 0 Å². The molecule has 1 rings (SSSR count). The Hall–Kier alpha value is -2.10. The fraction of sp³-hybridized carbons (Fsp3) is 0.375. The summed E-state index contributed by atoms with van der Waals surface area (Å²) in [5.74, 6) is 4.01. The molecular formula is C8H11F3N6O. The summed E-state index contributed by atoms with van der Waals surface area (Å²) in [5, 5.41) is 4.73. The quantitative estimate of drug-likeness (QED) is 0.448. The summed E-state index contributed by atoms with van der Waals surface area (Å²) in [4.78, 5) is 17.7. The predicted molar refractivity (Wildman–Crippen MR) is 57.4 cm³/mol. The van der Waals surface area contributed by atoms with Gasteiger partial charge >= 0.3 is 6.18 Å². The first-order chi connectivity index (χ1) is 8.36. The number of nitrogens with two attached hydrogens (primary N) is 1. The van der Waals surface area contributed by atoms with E-state index in [1.807, 2.05) is 5.43 Å². The van der Waals surface area contributed by atoms with Crippen molar-refractivity contribution >= 4 is 17.7 Å². The Labute approximate surface area is 99.9 Å². The van der Waals surface area contributed by atoms with E-state index >= 15 is 0 Å². The van der Waals surface area contributed by atoms with Crippen molar-refractivity contribution in [3.05, 3.63) is 11.8 Å². The number of nitrogens with one attached hydrogen (secondary N) is 3. The number of hydrogen-bond donors (Lipinski definition) is 4. The second-order valence-electron chi connectivity index (χ2n) is 3.13. The first kappa shape index (κ1) is 14.0. The van der Waals surface area contributed by atoms with Gasteiger partial charge in [0.25, 0.3) is 0 Å². The molecule has 0 aliphatic rings. The minimum Gasteiger partial charge on any atom is -0.361 e. The zero-order valence-electron chi connectivity index (χ0n) is 9.30. The molecule has 1 heterocycles. The average molecular weight is 264 g/mol. The van der Waals surface area contributed by atoms with Gasteiger partial charge in [0.15, 0.2) is 5.69 Å². The highest BCUT2D eigenvalue weighted by Gasteiger charge is 2.33. The fourth-order valence-corrected chi connectivity index (χ4v) is 1.01. The van der Waals surface area contributed by atoms with Crippen LogP contribution in [0.15, 0.2) is 6.07 Å². The van der Waals surface area contributed by atoms with E-state index in [-0.39, 0.29) is 12.4 Å². The van der Waals surface area contributed by atoms with E-state index in [9.17, 15) is 18.0 Å². The third kappa shape index (κ3) is 3.73. The van der Waals surface area contributed by atoms with Gasteiger partial charge in [-0.15, -0.1) is 0 Å². The topological polar surface area (TPSA) is 105 Å². The molecule has 0 aliphatic heterocycles. The number of hydrogen-bond acceptors (Lipinski definition) is 6. The molecule has 0 spiro atoms. The lowest BCUT2D eigenvalue weighted by molar-refractivity contribution is -0.141. The lowest BCUT2D eigenvalue weighted by Crippen LogP contribution is -2.27. The van der Waals surface area contributed by atoms with Crippen molar-refractivity contribution in [3.8, 4) is 0 Å². The highest BCUT2D eigenvalue weighted by Crippen LogP contribution is 2.29. The van der Waals surface area contributed by atoms with Gasteiger partial charge in [0.2, 0.25) is 11.9 Å². The maximum Gasteiger partial charge on any atom is 0.433 e. The van der Waals surface area contributed by atoms with Crippen LogP contribution in [0.1, 0.15) is 5.69 Å². The normalized spacial score (nSPS) is 10.9. The molecular weight excluding hydrogens is 253 g/mol. The number of aromatic nitrogens is 2. The Morgan fingerprint density at radius 3 is 2.61 bits per heavy atom. The van der Waals surface area contributed by atoms with Crippen LogP contribution in [0.3, 0.4) is 0 Å². The molecule has 0 aromatic carbocycles. The van der Waals surface area contributed by atoms with Gasteiger partial charge in [0.1, 0.15) is 5.82 Å². The summed E-state index contributed by atoms with van der Waals surface area (Å²) in [6, 6.07) is 0.684. The number of amides is 1. The van der Waals surface area contributed by atoms with Crippen molar-refractivity contribution in [3.63, 3.8) is 0 Å². The van der Waals surface area contributed by atoms with Crippen molar-refractivity contribution in [2.45, 2.75) is 6.18 Å². The fourth-order valence-electron chi connectivity index (χ4n) is 1.01. The molecule has 0 aliphatic carbocycles. The van der Waals surface area contributed by atoms with E-state index in [1.54, 1.807) is 0 Å². The maximum atomic E-state index is 12.5. The standard InChI is InChI=1S/C8H11F3N6O/c1-13-6(18)3-14-5-2-4(8(9,10)11)15-7(16-5)17-12/h2H,3,12H2,1H3,(H,13,18)(H2,14,15,16,17). The number of hydrazine groups is 1. The minimum atomic E-state index is -4.63. The largest absolute Gasteiger partial charge is 0.433 e. The summed E-state index contributed by atoms with van der Waals surface area (Å²) >= 11 is 0. The molecule has 0 unspecified atom stereocenters. The molecule has 7 nitrogen and oxygen atoms in total. The zero-order valence-corrected chi connectivity index (χ0v) is 9.30. The molecule has 1 amide bonds. The second-order valence-corrected chi connectivity index (χ2v) is 3.13. The van der Waals surface area contributed by atoms with Gasteiger partial charge in [-0.2, -0.15) is 18.2 Å². The number of carbonyl (C=O) groups excluding carboxylic acids is 1. The van der Waals surface area contributed by atoms with Crippen molar-refractivity contribution in [2.75, 3.05) is 24.3 Å². The van der Waals surface area contributed by atoms with Crippen LogP contribution in [-0.2, 0) is 11.0 Å². The monoisotopic (exact) mass is 264 g/mol. The average Bonchev–Trinajstić information content (AvgIpc) is 2.34. The van der Waals surface area contributed by atoms with Crippen molar-refractivity contribution < 1.29 is 18.0 Å². The molecule has 10 heteroatoms. The Bertz CT molecular complexity index is 435. The van der Waals surface area contributed by atoms with Crippen LogP contribution in [0.2, 0.25) is 0 Å². The van der Waals surface area contributed by atoms with Crippen LogP contribution >= 0.6 is 0 Å². The molecule has 0 saturated carbocycles. The molecule has 0 bridgehead atoms. The first-order valence-corrected chi connectivity index (χ1v) is 4.74. The number of alkyl halides is 3. The van der Waals surface area contributed by atoms with Gasteiger partial charge in [0.05, 0.1) is 6.54 Å². The number of carbonyl (C=O) groups is 1. The number of halogens is 3. The summed E-state index contributed by atoms with van der Waals surface area (Å²) in [6.07, 6.45) is -4.63. The van der Waals surface area contributed by atoms with Crippen LogP contribution in [-0.4, -0.2) is 29.5 Å². The van der Waals surface area contributed by atoms with Crippen LogP contribution in [0.4, 0.5) is 24.9 Å². The molecule has 1 aromatic rings. The first-order valence-electron chi connectivity index (χ1n) is 4.74. The van der Waals surface area contributed by atoms with E-state index < -0.39 is 23.7 Å². The molecule has 5 N–H and O–H groups in total. The highest BCUT2D eigenvalue weighted by atomic mass is 19.4. The van der Waals surface area contributed by atoms with Gasteiger partial charge in [-0.25, -0.2) is 10.8 Å². The van der Waals surface area contributed by atoms with Gasteiger partial charge < -0.3 is 10.6 Å². The van der Waals surface area contributed by atoms with Gasteiger partial charge in [-0.1, -0.05) is 0 Å². The number of nitrogen functional groups attached to an aromatic ring is 1. The number of nitrogens with zero attached hydrogens (tertiary/aromatic N) is 2. The van der Waals surface area contributed by atoms with Gasteiger partial charge in [0, 0.05) is 13.1 Å². The molecule has 100 valence electrons. The van der Waals surface area contributed by atoms with Crippen molar-refractivity contribution in [1.82, 2.24) is 15.3 Å². The Morgan fingerprint density at radius 2 is 2.11 bits per heavy atom. The molecule has 0 radical (unpaired) electrons. The van der Waals surface area contributed by atoms with E-state index in [0.717, 1.165) is 0 Å². The Balaban J connectivity index is 2.94. The third-order valence-electron chi connectivity index (χ3n) is 1.85.